The van der Waals surface area contributed by atoms with Crippen molar-refractivity contribution >= 4 is 23.1 Å². The molecule has 0 saturated carbocycles. The first-order chi connectivity index (χ1) is 12.3. The normalized spacial score (nSPS) is 17.2. The quantitative estimate of drug-likeness (QED) is 0.758. The number of anilines is 1. The lowest BCUT2D eigenvalue weighted by atomic mass is 9.89. The van der Waals surface area contributed by atoms with E-state index < -0.39 is 0 Å². The highest BCUT2D eigenvalue weighted by Gasteiger charge is 2.21. The smallest absolute Gasteiger partial charge is 0.248 e. The molecule has 1 N–H and O–H groups in total. The summed E-state index contributed by atoms with van der Waals surface area (Å²) in [5.41, 5.74) is 3.42. The predicted octanol–water partition coefficient (Wildman–Crippen LogP) is 4.36. The maximum atomic E-state index is 5.97. The zero-order chi connectivity index (χ0) is 17.1. The summed E-state index contributed by atoms with van der Waals surface area (Å²) in [6.45, 7) is 0. The van der Waals surface area contributed by atoms with Gasteiger partial charge in [0, 0.05) is 5.02 Å². The van der Waals surface area contributed by atoms with Gasteiger partial charge in [-0.05, 0) is 65.1 Å². The molecule has 0 bridgehead atoms. The standard InChI is InChI=1S/C19H18ClN5/c20-15-10-12-16(13-11-15)25-19(22-23-24-25)21-18-9-5-4-8-17(18)14-6-2-1-3-7-14/h1-3,6-8,10-13,18H,4-5,9H2,(H,21,22,24). The van der Waals surface area contributed by atoms with Crippen LogP contribution in [0.25, 0.3) is 11.3 Å². The van der Waals surface area contributed by atoms with E-state index in [1.165, 1.54) is 11.1 Å². The molecule has 0 radical (unpaired) electrons. The number of hydrogen-bond donors (Lipinski definition) is 1. The largest absolute Gasteiger partial charge is 0.346 e. The third-order valence-electron chi connectivity index (χ3n) is 4.39. The number of hydrogen-bond acceptors (Lipinski definition) is 4. The van der Waals surface area contributed by atoms with Gasteiger partial charge in [-0.15, -0.1) is 0 Å². The average molecular weight is 352 g/mol. The van der Waals surface area contributed by atoms with Gasteiger partial charge in [-0.1, -0.05) is 53.1 Å². The molecule has 126 valence electrons. The van der Waals surface area contributed by atoms with E-state index in [1.54, 1.807) is 4.68 Å². The summed E-state index contributed by atoms with van der Waals surface area (Å²) in [7, 11) is 0. The molecular formula is C19H18ClN5. The lowest BCUT2D eigenvalue weighted by Crippen LogP contribution is -2.25. The number of aromatic nitrogens is 4. The van der Waals surface area contributed by atoms with E-state index in [-0.39, 0.29) is 6.04 Å². The number of allylic oxidation sites excluding steroid dienone is 1. The zero-order valence-corrected chi connectivity index (χ0v) is 14.4. The van der Waals surface area contributed by atoms with Crippen LogP contribution in [0.15, 0.2) is 60.7 Å². The van der Waals surface area contributed by atoms with Crippen LogP contribution in [0.5, 0.6) is 0 Å². The van der Waals surface area contributed by atoms with Gasteiger partial charge in [-0.3, -0.25) is 0 Å². The highest BCUT2D eigenvalue weighted by molar-refractivity contribution is 6.30. The van der Waals surface area contributed by atoms with E-state index in [4.69, 9.17) is 11.6 Å². The van der Waals surface area contributed by atoms with Gasteiger partial charge in [0.25, 0.3) is 0 Å². The average Bonchev–Trinajstić information content (AvgIpc) is 3.12. The number of nitrogens with zero attached hydrogens (tertiary/aromatic N) is 4. The number of benzene rings is 2. The summed E-state index contributed by atoms with van der Waals surface area (Å²) in [6, 6.07) is 18.1. The summed E-state index contributed by atoms with van der Waals surface area (Å²) in [4.78, 5) is 0. The summed E-state index contributed by atoms with van der Waals surface area (Å²) >= 11 is 5.97. The molecule has 0 aliphatic heterocycles. The molecule has 25 heavy (non-hydrogen) atoms. The Morgan fingerprint density at radius 3 is 2.64 bits per heavy atom. The van der Waals surface area contributed by atoms with E-state index in [9.17, 15) is 0 Å². The van der Waals surface area contributed by atoms with Crippen LogP contribution in [0.3, 0.4) is 0 Å². The van der Waals surface area contributed by atoms with Crippen molar-refractivity contribution in [3.8, 4) is 5.69 Å². The Labute approximate surface area is 151 Å². The molecule has 0 fully saturated rings. The van der Waals surface area contributed by atoms with Crippen LogP contribution in [0.4, 0.5) is 5.95 Å². The highest BCUT2D eigenvalue weighted by atomic mass is 35.5. The number of nitrogens with one attached hydrogen (secondary N) is 1. The molecule has 3 aromatic rings. The fraction of sp³-hybridized carbons (Fsp3) is 0.211. The second-order valence-corrected chi connectivity index (χ2v) is 6.48. The lowest BCUT2D eigenvalue weighted by molar-refractivity contribution is 0.678. The molecule has 0 amide bonds. The molecule has 1 heterocycles. The number of tetrazole rings is 1. The summed E-state index contributed by atoms with van der Waals surface area (Å²) in [5, 5.41) is 16.3. The van der Waals surface area contributed by atoms with Crippen molar-refractivity contribution in [2.75, 3.05) is 5.32 Å². The first kappa shape index (κ1) is 15.8. The van der Waals surface area contributed by atoms with Gasteiger partial charge in [0.15, 0.2) is 0 Å². The molecule has 0 spiro atoms. The van der Waals surface area contributed by atoms with Crippen molar-refractivity contribution in [1.82, 2.24) is 20.2 Å². The van der Waals surface area contributed by atoms with Gasteiger partial charge in [-0.25, -0.2) is 0 Å². The van der Waals surface area contributed by atoms with E-state index in [1.807, 2.05) is 30.3 Å². The van der Waals surface area contributed by atoms with Crippen LogP contribution in [-0.4, -0.2) is 26.2 Å². The van der Waals surface area contributed by atoms with Crippen molar-refractivity contribution in [2.24, 2.45) is 0 Å². The summed E-state index contributed by atoms with van der Waals surface area (Å²) in [6.07, 6.45) is 5.61. The maximum absolute atomic E-state index is 5.97. The van der Waals surface area contributed by atoms with Gasteiger partial charge in [0.05, 0.1) is 11.7 Å². The fourth-order valence-corrected chi connectivity index (χ4v) is 3.29. The minimum absolute atomic E-state index is 0.188. The summed E-state index contributed by atoms with van der Waals surface area (Å²) in [5.74, 6) is 0.635. The minimum atomic E-state index is 0.188. The second kappa shape index (κ2) is 7.07. The third kappa shape index (κ3) is 3.42. The highest BCUT2D eigenvalue weighted by Crippen LogP contribution is 2.29. The van der Waals surface area contributed by atoms with Gasteiger partial charge in [0.2, 0.25) is 5.95 Å². The van der Waals surface area contributed by atoms with Crippen LogP contribution in [0.1, 0.15) is 24.8 Å². The first-order valence-corrected chi connectivity index (χ1v) is 8.75. The van der Waals surface area contributed by atoms with Crippen molar-refractivity contribution in [1.29, 1.82) is 0 Å². The lowest BCUT2D eigenvalue weighted by Gasteiger charge is -2.26. The fourth-order valence-electron chi connectivity index (χ4n) is 3.17. The van der Waals surface area contributed by atoms with Crippen LogP contribution in [0, 0.1) is 0 Å². The van der Waals surface area contributed by atoms with Crippen LogP contribution >= 0.6 is 11.6 Å². The van der Waals surface area contributed by atoms with Gasteiger partial charge >= 0.3 is 0 Å². The van der Waals surface area contributed by atoms with Gasteiger partial charge < -0.3 is 5.32 Å². The number of rotatable bonds is 4. The Hall–Kier alpha value is -2.66. The Morgan fingerprint density at radius 2 is 1.84 bits per heavy atom. The molecule has 1 aromatic heterocycles. The van der Waals surface area contributed by atoms with E-state index in [2.05, 4.69) is 51.2 Å². The zero-order valence-electron chi connectivity index (χ0n) is 13.6. The maximum Gasteiger partial charge on any atom is 0.248 e. The molecule has 5 nitrogen and oxygen atoms in total. The molecular weight excluding hydrogens is 334 g/mol. The summed E-state index contributed by atoms with van der Waals surface area (Å²) < 4.78 is 1.70. The molecule has 1 aliphatic carbocycles. The Kier molecular flexibility index (Phi) is 4.48. The van der Waals surface area contributed by atoms with Gasteiger partial charge in [0.1, 0.15) is 0 Å². The monoisotopic (exact) mass is 351 g/mol. The third-order valence-corrected chi connectivity index (χ3v) is 4.64. The van der Waals surface area contributed by atoms with Crippen molar-refractivity contribution in [3.63, 3.8) is 0 Å². The predicted molar refractivity (Wildman–Crippen MR) is 99.8 cm³/mol. The van der Waals surface area contributed by atoms with Crippen LogP contribution < -0.4 is 5.32 Å². The first-order valence-electron chi connectivity index (χ1n) is 8.37. The second-order valence-electron chi connectivity index (χ2n) is 6.04. The van der Waals surface area contributed by atoms with Crippen molar-refractivity contribution in [3.05, 3.63) is 71.3 Å². The van der Waals surface area contributed by atoms with Gasteiger partial charge in [-0.2, -0.15) is 4.68 Å². The van der Waals surface area contributed by atoms with E-state index >= 15 is 0 Å². The minimum Gasteiger partial charge on any atom is -0.346 e. The van der Waals surface area contributed by atoms with Crippen molar-refractivity contribution in [2.45, 2.75) is 25.3 Å². The van der Waals surface area contributed by atoms with Crippen LogP contribution in [0.2, 0.25) is 5.02 Å². The Balaban J connectivity index is 1.62. The molecule has 0 saturated heterocycles. The van der Waals surface area contributed by atoms with E-state index in [0.717, 1.165) is 24.9 Å². The van der Waals surface area contributed by atoms with E-state index in [0.29, 0.717) is 11.0 Å². The topological polar surface area (TPSA) is 55.6 Å². The van der Waals surface area contributed by atoms with Crippen molar-refractivity contribution < 1.29 is 0 Å². The SMILES string of the molecule is Clc1ccc(-n2nnnc2NC2CCCC=C2c2ccccc2)cc1. The Morgan fingerprint density at radius 1 is 1.04 bits per heavy atom. The molecule has 6 heteroatoms. The Bertz CT molecular complexity index is 870. The molecule has 4 rings (SSSR count). The molecule has 1 aliphatic rings. The van der Waals surface area contributed by atoms with Crippen LogP contribution in [-0.2, 0) is 0 Å². The number of halogens is 1. The molecule has 1 unspecified atom stereocenters. The molecule has 1 atom stereocenters. The molecule has 2 aromatic carbocycles.